The summed E-state index contributed by atoms with van der Waals surface area (Å²) in [7, 11) is 0. The normalized spacial score (nSPS) is 15.6. The molecule has 0 saturated heterocycles. The van der Waals surface area contributed by atoms with E-state index in [-0.39, 0.29) is 0 Å². The number of nitrogens with two attached hydrogens (primary N) is 1. The number of hydrogen-bond donors (Lipinski definition) is 1. The summed E-state index contributed by atoms with van der Waals surface area (Å²) < 4.78 is 6.71. The topological polar surface area (TPSA) is 35.2 Å². The zero-order valence-corrected chi connectivity index (χ0v) is 9.59. The van der Waals surface area contributed by atoms with Gasteiger partial charge in [-0.1, -0.05) is 15.9 Å². The molecule has 0 heterocycles. The average molecular weight is 256 g/mol. The van der Waals surface area contributed by atoms with Gasteiger partial charge >= 0.3 is 0 Å². The molecule has 0 aromatic heterocycles. The van der Waals surface area contributed by atoms with Gasteiger partial charge in [0.25, 0.3) is 0 Å². The van der Waals surface area contributed by atoms with Crippen molar-refractivity contribution in [2.75, 3.05) is 6.61 Å². The van der Waals surface area contributed by atoms with Gasteiger partial charge < -0.3 is 10.5 Å². The summed E-state index contributed by atoms with van der Waals surface area (Å²) >= 11 is 3.45. The first-order valence-electron chi connectivity index (χ1n) is 4.91. The summed E-state index contributed by atoms with van der Waals surface area (Å²) in [5, 5.41) is 0. The minimum Gasteiger partial charge on any atom is -0.493 e. The molecule has 1 aromatic carbocycles. The Morgan fingerprint density at radius 2 is 2.21 bits per heavy atom. The van der Waals surface area contributed by atoms with E-state index >= 15 is 0 Å². The van der Waals surface area contributed by atoms with Gasteiger partial charge in [-0.25, -0.2) is 0 Å². The van der Waals surface area contributed by atoms with Crippen molar-refractivity contribution in [3.05, 3.63) is 28.2 Å². The van der Waals surface area contributed by atoms with E-state index in [1.807, 2.05) is 18.2 Å². The van der Waals surface area contributed by atoms with E-state index in [9.17, 15) is 0 Å². The first-order chi connectivity index (χ1) is 6.79. The van der Waals surface area contributed by atoms with Gasteiger partial charge in [0.15, 0.2) is 0 Å². The highest BCUT2D eigenvalue weighted by atomic mass is 79.9. The van der Waals surface area contributed by atoms with Crippen LogP contribution in [0.2, 0.25) is 0 Å². The Labute approximate surface area is 92.6 Å². The third-order valence-electron chi connectivity index (χ3n) is 2.42. The van der Waals surface area contributed by atoms with Crippen LogP contribution in [-0.2, 0) is 6.54 Å². The summed E-state index contributed by atoms with van der Waals surface area (Å²) in [6.45, 7) is 1.40. The maximum absolute atomic E-state index is 5.65. The molecule has 1 aromatic rings. The molecular weight excluding hydrogens is 242 g/mol. The van der Waals surface area contributed by atoms with Gasteiger partial charge in [0, 0.05) is 11.0 Å². The minimum atomic E-state index is 0.543. The summed E-state index contributed by atoms with van der Waals surface area (Å²) in [6.07, 6.45) is 2.64. The lowest BCUT2D eigenvalue weighted by molar-refractivity contribution is 0.299. The molecule has 0 spiro atoms. The predicted octanol–water partition coefficient (Wildman–Crippen LogP) is 2.70. The molecular formula is C11H14BrNO. The van der Waals surface area contributed by atoms with E-state index in [1.54, 1.807) is 0 Å². The van der Waals surface area contributed by atoms with Crippen molar-refractivity contribution in [3.63, 3.8) is 0 Å². The van der Waals surface area contributed by atoms with Gasteiger partial charge in [-0.2, -0.15) is 0 Å². The molecule has 2 nitrogen and oxygen atoms in total. The molecule has 1 aliphatic carbocycles. The van der Waals surface area contributed by atoms with Crippen LogP contribution < -0.4 is 10.5 Å². The third kappa shape index (κ3) is 2.49. The van der Waals surface area contributed by atoms with Crippen LogP contribution in [-0.4, -0.2) is 6.61 Å². The molecule has 14 heavy (non-hydrogen) atoms. The maximum atomic E-state index is 5.65. The molecule has 0 radical (unpaired) electrons. The van der Waals surface area contributed by atoms with Crippen LogP contribution in [0.1, 0.15) is 18.4 Å². The molecule has 2 rings (SSSR count). The molecule has 0 bridgehead atoms. The largest absolute Gasteiger partial charge is 0.493 e. The Morgan fingerprint density at radius 3 is 2.86 bits per heavy atom. The molecule has 3 heteroatoms. The molecule has 1 aliphatic rings. The first-order valence-corrected chi connectivity index (χ1v) is 5.70. The number of benzene rings is 1. The van der Waals surface area contributed by atoms with E-state index in [2.05, 4.69) is 15.9 Å². The molecule has 0 atom stereocenters. The van der Waals surface area contributed by atoms with Gasteiger partial charge in [-0.15, -0.1) is 0 Å². The lowest BCUT2D eigenvalue weighted by Crippen LogP contribution is -2.01. The van der Waals surface area contributed by atoms with Gasteiger partial charge in [0.05, 0.1) is 6.61 Å². The monoisotopic (exact) mass is 255 g/mol. The van der Waals surface area contributed by atoms with Crippen LogP contribution in [0.15, 0.2) is 22.7 Å². The molecule has 0 amide bonds. The summed E-state index contributed by atoms with van der Waals surface area (Å²) in [6, 6.07) is 5.97. The number of rotatable bonds is 4. The van der Waals surface area contributed by atoms with Gasteiger partial charge in [-0.05, 0) is 42.5 Å². The molecule has 76 valence electrons. The first kappa shape index (κ1) is 9.99. The van der Waals surface area contributed by atoms with Crippen LogP contribution in [0.4, 0.5) is 0 Å². The van der Waals surface area contributed by atoms with Crippen molar-refractivity contribution in [1.82, 2.24) is 0 Å². The summed E-state index contributed by atoms with van der Waals surface area (Å²) in [5.41, 5.74) is 6.70. The molecule has 2 N–H and O–H groups in total. The standard InChI is InChI=1S/C11H14BrNO/c12-11-4-3-10(5-9(11)6-13)14-7-8-1-2-8/h3-5,8H,1-2,6-7,13H2. The second-order valence-electron chi connectivity index (χ2n) is 3.71. The van der Waals surface area contributed by atoms with Crippen molar-refractivity contribution >= 4 is 15.9 Å². The highest BCUT2D eigenvalue weighted by molar-refractivity contribution is 9.10. The van der Waals surface area contributed by atoms with Crippen LogP contribution in [0.25, 0.3) is 0 Å². The van der Waals surface area contributed by atoms with Crippen LogP contribution >= 0.6 is 15.9 Å². The summed E-state index contributed by atoms with van der Waals surface area (Å²) in [5.74, 6) is 1.72. The highest BCUT2D eigenvalue weighted by Crippen LogP contribution is 2.30. The molecule has 0 unspecified atom stereocenters. The lowest BCUT2D eigenvalue weighted by atomic mass is 10.2. The molecule has 1 fully saturated rings. The Kier molecular flexibility index (Phi) is 3.08. The molecule has 1 saturated carbocycles. The van der Waals surface area contributed by atoms with E-state index in [0.29, 0.717) is 6.54 Å². The van der Waals surface area contributed by atoms with Gasteiger partial charge in [0.2, 0.25) is 0 Å². The quantitative estimate of drug-likeness (QED) is 0.898. The van der Waals surface area contributed by atoms with Crippen molar-refractivity contribution in [2.24, 2.45) is 11.7 Å². The predicted molar refractivity (Wildman–Crippen MR) is 60.3 cm³/mol. The van der Waals surface area contributed by atoms with Crippen LogP contribution in [0.3, 0.4) is 0 Å². The van der Waals surface area contributed by atoms with E-state index in [1.165, 1.54) is 12.8 Å². The zero-order chi connectivity index (χ0) is 9.97. The Balaban J connectivity index is 2.01. The zero-order valence-electron chi connectivity index (χ0n) is 8.00. The van der Waals surface area contributed by atoms with Gasteiger partial charge in [-0.3, -0.25) is 0 Å². The Hall–Kier alpha value is -0.540. The molecule has 0 aliphatic heterocycles. The van der Waals surface area contributed by atoms with Crippen LogP contribution in [0, 0.1) is 5.92 Å². The maximum Gasteiger partial charge on any atom is 0.119 e. The van der Waals surface area contributed by atoms with E-state index in [4.69, 9.17) is 10.5 Å². The average Bonchev–Trinajstić information content (AvgIpc) is 3.00. The highest BCUT2D eigenvalue weighted by Gasteiger charge is 2.21. The van der Waals surface area contributed by atoms with E-state index in [0.717, 1.165) is 28.3 Å². The van der Waals surface area contributed by atoms with E-state index < -0.39 is 0 Å². The number of hydrogen-bond acceptors (Lipinski definition) is 2. The number of ether oxygens (including phenoxy) is 1. The van der Waals surface area contributed by atoms with Crippen molar-refractivity contribution in [3.8, 4) is 5.75 Å². The fraction of sp³-hybridized carbons (Fsp3) is 0.455. The van der Waals surface area contributed by atoms with Gasteiger partial charge in [0.1, 0.15) is 5.75 Å². The minimum absolute atomic E-state index is 0.543. The second-order valence-corrected chi connectivity index (χ2v) is 4.57. The summed E-state index contributed by atoms with van der Waals surface area (Å²) in [4.78, 5) is 0. The van der Waals surface area contributed by atoms with Crippen molar-refractivity contribution in [1.29, 1.82) is 0 Å². The van der Waals surface area contributed by atoms with Crippen molar-refractivity contribution in [2.45, 2.75) is 19.4 Å². The smallest absolute Gasteiger partial charge is 0.119 e. The fourth-order valence-electron chi connectivity index (χ4n) is 1.30. The fourth-order valence-corrected chi connectivity index (χ4v) is 1.70. The van der Waals surface area contributed by atoms with Crippen molar-refractivity contribution < 1.29 is 4.74 Å². The number of halogens is 1. The van der Waals surface area contributed by atoms with Crippen LogP contribution in [0.5, 0.6) is 5.75 Å². The third-order valence-corrected chi connectivity index (χ3v) is 3.19. The lowest BCUT2D eigenvalue weighted by Gasteiger charge is -2.07. The Morgan fingerprint density at radius 1 is 1.43 bits per heavy atom. The Bertz CT molecular complexity index is 323. The second kappa shape index (κ2) is 4.32. The SMILES string of the molecule is NCc1cc(OCC2CC2)ccc1Br.